The Morgan fingerprint density at radius 3 is 3.00 bits per heavy atom. The second-order valence-electron chi connectivity index (χ2n) is 5.23. The number of rotatable bonds is 3. The minimum Gasteiger partial charge on any atom is -0.395 e. The zero-order chi connectivity index (χ0) is 15.2. The number of nitrogens with zero attached hydrogens (tertiary/aromatic N) is 1. The lowest BCUT2D eigenvalue weighted by Gasteiger charge is -2.34. The number of amides is 1. The first-order valence-corrected chi connectivity index (χ1v) is 8.11. The van der Waals surface area contributed by atoms with Gasteiger partial charge >= 0.3 is 0 Å². The third kappa shape index (κ3) is 3.85. The maximum atomic E-state index is 12.6. The van der Waals surface area contributed by atoms with Gasteiger partial charge in [0.15, 0.2) is 0 Å². The molecule has 1 aromatic heterocycles. The molecule has 0 saturated carbocycles. The van der Waals surface area contributed by atoms with Crippen LogP contribution < -0.4 is 0 Å². The Kier molecular flexibility index (Phi) is 5.80. The Balaban J connectivity index is 2.16. The standard InChI is InChI=1S/C16H21NO3S/c1-12-10-15(21-14(12)7-3-5-9-18)16(20)17-8-4-2-6-13(17)11-19/h10,13,18-19H,2,4-6,8-9,11H2,1H3. The highest BCUT2D eigenvalue weighted by atomic mass is 32.1. The SMILES string of the molecule is Cc1cc(C(=O)N2CCCCC2CO)sc1C#CCCO. The summed E-state index contributed by atoms with van der Waals surface area (Å²) >= 11 is 1.40. The van der Waals surface area contributed by atoms with E-state index < -0.39 is 0 Å². The molecule has 5 heteroatoms. The average Bonchev–Trinajstić information content (AvgIpc) is 2.88. The molecule has 4 nitrogen and oxygen atoms in total. The number of aryl methyl sites for hydroxylation is 1. The molecular weight excluding hydrogens is 286 g/mol. The molecular formula is C16H21NO3S. The number of carbonyl (C=O) groups is 1. The van der Waals surface area contributed by atoms with Crippen molar-refractivity contribution < 1.29 is 15.0 Å². The molecule has 21 heavy (non-hydrogen) atoms. The molecule has 1 atom stereocenters. The number of aliphatic hydroxyl groups is 2. The Morgan fingerprint density at radius 1 is 1.48 bits per heavy atom. The fraction of sp³-hybridized carbons (Fsp3) is 0.562. The number of likely N-dealkylation sites (tertiary alicyclic amines) is 1. The molecule has 1 amide bonds. The number of piperidine rings is 1. The Morgan fingerprint density at radius 2 is 2.29 bits per heavy atom. The van der Waals surface area contributed by atoms with E-state index in [1.807, 2.05) is 13.0 Å². The lowest BCUT2D eigenvalue weighted by atomic mass is 10.0. The summed E-state index contributed by atoms with van der Waals surface area (Å²) in [4.78, 5) is 16.0. The van der Waals surface area contributed by atoms with Crippen molar-refractivity contribution in [3.05, 3.63) is 21.4 Å². The van der Waals surface area contributed by atoms with E-state index in [-0.39, 0.29) is 25.2 Å². The van der Waals surface area contributed by atoms with Crippen LogP contribution in [0.4, 0.5) is 0 Å². The van der Waals surface area contributed by atoms with Gasteiger partial charge in [0, 0.05) is 13.0 Å². The summed E-state index contributed by atoms with van der Waals surface area (Å²) in [6.07, 6.45) is 3.38. The van der Waals surface area contributed by atoms with Gasteiger partial charge in [-0.3, -0.25) is 4.79 Å². The molecule has 1 aromatic rings. The molecule has 0 bridgehead atoms. The van der Waals surface area contributed by atoms with E-state index in [1.165, 1.54) is 11.3 Å². The first kappa shape index (κ1) is 16.0. The van der Waals surface area contributed by atoms with Crippen molar-refractivity contribution in [2.24, 2.45) is 0 Å². The van der Waals surface area contributed by atoms with Gasteiger partial charge in [-0.25, -0.2) is 0 Å². The van der Waals surface area contributed by atoms with E-state index in [0.29, 0.717) is 17.8 Å². The molecule has 1 fully saturated rings. The van der Waals surface area contributed by atoms with Gasteiger partial charge in [-0.05, 0) is 37.8 Å². The smallest absolute Gasteiger partial charge is 0.264 e. The molecule has 114 valence electrons. The molecule has 1 aliphatic rings. The summed E-state index contributed by atoms with van der Waals surface area (Å²) in [6.45, 7) is 2.73. The normalized spacial score (nSPS) is 18.2. The second-order valence-corrected chi connectivity index (χ2v) is 6.28. The lowest BCUT2D eigenvalue weighted by Crippen LogP contribution is -2.45. The van der Waals surface area contributed by atoms with Crippen molar-refractivity contribution in [1.82, 2.24) is 4.90 Å². The van der Waals surface area contributed by atoms with E-state index in [0.717, 1.165) is 29.7 Å². The molecule has 0 aromatic carbocycles. The molecule has 0 radical (unpaired) electrons. The van der Waals surface area contributed by atoms with Crippen LogP contribution in [-0.2, 0) is 0 Å². The zero-order valence-electron chi connectivity index (χ0n) is 12.3. The minimum atomic E-state index is -0.0578. The van der Waals surface area contributed by atoms with Gasteiger partial charge in [0.05, 0.1) is 29.0 Å². The fourth-order valence-corrected chi connectivity index (χ4v) is 3.51. The van der Waals surface area contributed by atoms with Gasteiger partial charge in [0.1, 0.15) is 0 Å². The highest BCUT2D eigenvalue weighted by Crippen LogP contribution is 2.25. The highest BCUT2D eigenvalue weighted by molar-refractivity contribution is 7.14. The number of aliphatic hydroxyl groups excluding tert-OH is 2. The fourth-order valence-electron chi connectivity index (χ4n) is 2.51. The van der Waals surface area contributed by atoms with Crippen LogP contribution in [-0.4, -0.2) is 46.8 Å². The molecule has 0 aliphatic carbocycles. The molecule has 0 spiro atoms. The predicted molar refractivity (Wildman–Crippen MR) is 83.4 cm³/mol. The quantitative estimate of drug-likeness (QED) is 0.837. The van der Waals surface area contributed by atoms with Gasteiger partial charge in [-0.1, -0.05) is 11.8 Å². The van der Waals surface area contributed by atoms with Crippen molar-refractivity contribution in [3.8, 4) is 11.8 Å². The van der Waals surface area contributed by atoms with Crippen molar-refractivity contribution in [3.63, 3.8) is 0 Å². The molecule has 1 saturated heterocycles. The second kappa shape index (κ2) is 7.60. The molecule has 2 rings (SSSR count). The van der Waals surface area contributed by atoms with Crippen LogP contribution in [0.15, 0.2) is 6.07 Å². The van der Waals surface area contributed by atoms with Gasteiger partial charge in [0.25, 0.3) is 5.91 Å². The molecule has 2 heterocycles. The Hall–Kier alpha value is -1.35. The molecule has 2 N–H and O–H groups in total. The van der Waals surface area contributed by atoms with E-state index in [1.54, 1.807) is 4.90 Å². The number of thiophene rings is 1. The van der Waals surface area contributed by atoms with Gasteiger partial charge < -0.3 is 15.1 Å². The van der Waals surface area contributed by atoms with Crippen molar-refractivity contribution in [2.45, 2.75) is 38.6 Å². The Bertz CT molecular complexity index is 556. The van der Waals surface area contributed by atoms with Crippen LogP contribution in [0.5, 0.6) is 0 Å². The van der Waals surface area contributed by atoms with Crippen molar-refractivity contribution in [2.75, 3.05) is 19.8 Å². The number of carbonyl (C=O) groups excluding carboxylic acids is 1. The van der Waals surface area contributed by atoms with E-state index in [4.69, 9.17) is 5.11 Å². The third-order valence-electron chi connectivity index (χ3n) is 3.67. The van der Waals surface area contributed by atoms with Gasteiger partial charge in [-0.2, -0.15) is 0 Å². The predicted octanol–water partition coefficient (Wildman–Crippen LogP) is 1.78. The maximum absolute atomic E-state index is 12.6. The molecule has 1 aliphatic heterocycles. The van der Waals surface area contributed by atoms with Crippen molar-refractivity contribution >= 4 is 17.2 Å². The monoisotopic (exact) mass is 307 g/mol. The van der Waals surface area contributed by atoms with Crippen LogP contribution >= 0.6 is 11.3 Å². The highest BCUT2D eigenvalue weighted by Gasteiger charge is 2.28. The first-order valence-electron chi connectivity index (χ1n) is 7.29. The maximum Gasteiger partial charge on any atom is 0.264 e. The van der Waals surface area contributed by atoms with Crippen LogP contribution in [0, 0.1) is 18.8 Å². The minimum absolute atomic E-state index is 0.00272. The summed E-state index contributed by atoms with van der Waals surface area (Å²) in [5, 5.41) is 18.2. The van der Waals surface area contributed by atoms with E-state index in [2.05, 4.69) is 11.8 Å². The van der Waals surface area contributed by atoms with E-state index >= 15 is 0 Å². The van der Waals surface area contributed by atoms with Crippen molar-refractivity contribution in [1.29, 1.82) is 0 Å². The number of hydrogen-bond acceptors (Lipinski definition) is 4. The summed E-state index contributed by atoms with van der Waals surface area (Å²) in [5.74, 6) is 5.89. The third-order valence-corrected chi connectivity index (χ3v) is 4.81. The summed E-state index contributed by atoms with van der Waals surface area (Å²) in [7, 11) is 0. The number of hydrogen-bond donors (Lipinski definition) is 2. The molecule has 1 unspecified atom stereocenters. The largest absolute Gasteiger partial charge is 0.395 e. The van der Waals surface area contributed by atoms with E-state index in [9.17, 15) is 9.90 Å². The van der Waals surface area contributed by atoms with Crippen LogP contribution in [0.25, 0.3) is 0 Å². The summed E-state index contributed by atoms with van der Waals surface area (Å²) in [5.41, 5.74) is 0.992. The van der Waals surface area contributed by atoms with Crippen LogP contribution in [0.1, 0.15) is 45.8 Å². The summed E-state index contributed by atoms with van der Waals surface area (Å²) < 4.78 is 0. The van der Waals surface area contributed by atoms with Gasteiger partial charge in [-0.15, -0.1) is 11.3 Å². The summed E-state index contributed by atoms with van der Waals surface area (Å²) in [6, 6.07) is 1.82. The van der Waals surface area contributed by atoms with Gasteiger partial charge in [0.2, 0.25) is 0 Å². The zero-order valence-corrected chi connectivity index (χ0v) is 13.1. The topological polar surface area (TPSA) is 60.8 Å². The Labute approximate surface area is 129 Å². The lowest BCUT2D eigenvalue weighted by molar-refractivity contribution is 0.0507. The first-order chi connectivity index (χ1) is 10.2. The van der Waals surface area contributed by atoms with Crippen LogP contribution in [0.2, 0.25) is 0 Å². The van der Waals surface area contributed by atoms with Crippen LogP contribution in [0.3, 0.4) is 0 Å². The average molecular weight is 307 g/mol.